The number of aryl methyl sites for hydroxylation is 2. The maximum Gasteiger partial charge on any atom is 0.137 e. The summed E-state index contributed by atoms with van der Waals surface area (Å²) in [5.74, 6) is 0. The molecule has 1 aromatic carbocycles. The van der Waals surface area contributed by atoms with Crippen molar-refractivity contribution in [2.75, 3.05) is 14.1 Å². The molecule has 0 spiro atoms. The van der Waals surface area contributed by atoms with Gasteiger partial charge in [0.05, 0.1) is 11.4 Å². The van der Waals surface area contributed by atoms with E-state index in [1.807, 2.05) is 0 Å². The third-order valence-electron chi connectivity index (χ3n) is 4.56. The lowest BCUT2D eigenvalue weighted by Gasteiger charge is -2.20. The molecule has 2 aromatic heterocycles. The number of rotatable bonds is 4. The number of nitrogens with zero attached hydrogens (tertiary/aromatic N) is 3. The molecular weight excluding hydrogens is 282 g/mol. The van der Waals surface area contributed by atoms with Crippen LogP contribution in [-0.2, 0) is 6.42 Å². The minimum Gasteiger partial charge on any atom is -0.306 e. The quantitative estimate of drug-likeness (QED) is 0.723. The van der Waals surface area contributed by atoms with Gasteiger partial charge in [0.1, 0.15) is 5.65 Å². The molecule has 1 atom stereocenters. The van der Waals surface area contributed by atoms with Gasteiger partial charge in [0.2, 0.25) is 0 Å². The van der Waals surface area contributed by atoms with Gasteiger partial charge in [0.15, 0.2) is 0 Å². The fourth-order valence-corrected chi connectivity index (χ4v) is 2.80. The van der Waals surface area contributed by atoms with Gasteiger partial charge >= 0.3 is 0 Å². The molecule has 0 aliphatic carbocycles. The van der Waals surface area contributed by atoms with Gasteiger partial charge < -0.3 is 9.30 Å². The van der Waals surface area contributed by atoms with Crippen LogP contribution in [0.3, 0.4) is 0 Å². The topological polar surface area (TPSA) is 20.5 Å². The minimum atomic E-state index is 0.458. The van der Waals surface area contributed by atoms with Crippen molar-refractivity contribution in [3.05, 3.63) is 59.4 Å². The van der Waals surface area contributed by atoms with Crippen molar-refractivity contribution in [1.29, 1.82) is 0 Å². The van der Waals surface area contributed by atoms with Crippen molar-refractivity contribution in [2.24, 2.45) is 0 Å². The standard InChI is InChI=1S/C20H25N3/c1-14-6-9-17(10-7-14)20-18(12-16(3)22(4)5)23-13-15(2)8-11-19(23)21-20/h6-11,13,16H,12H2,1-5H3. The summed E-state index contributed by atoms with van der Waals surface area (Å²) in [6.45, 7) is 6.50. The number of imidazole rings is 1. The van der Waals surface area contributed by atoms with Gasteiger partial charge in [0.25, 0.3) is 0 Å². The summed E-state index contributed by atoms with van der Waals surface area (Å²) in [4.78, 5) is 7.17. The molecule has 0 fully saturated rings. The first-order valence-corrected chi connectivity index (χ1v) is 8.17. The molecule has 0 amide bonds. The summed E-state index contributed by atoms with van der Waals surface area (Å²) in [6.07, 6.45) is 3.17. The molecule has 23 heavy (non-hydrogen) atoms. The van der Waals surface area contributed by atoms with Crippen LogP contribution in [0.2, 0.25) is 0 Å². The number of pyridine rings is 1. The predicted octanol–water partition coefficient (Wildman–Crippen LogP) is 4.11. The summed E-state index contributed by atoms with van der Waals surface area (Å²) >= 11 is 0. The van der Waals surface area contributed by atoms with Gasteiger partial charge in [-0.15, -0.1) is 0 Å². The Kier molecular flexibility index (Phi) is 4.22. The van der Waals surface area contributed by atoms with E-state index in [0.29, 0.717) is 6.04 Å². The summed E-state index contributed by atoms with van der Waals surface area (Å²) in [6, 6.07) is 13.4. The Morgan fingerprint density at radius 3 is 2.30 bits per heavy atom. The minimum absolute atomic E-state index is 0.458. The molecule has 1 unspecified atom stereocenters. The lowest BCUT2D eigenvalue weighted by molar-refractivity contribution is 0.310. The normalized spacial score (nSPS) is 13.0. The second-order valence-corrected chi connectivity index (χ2v) is 6.72. The Hall–Kier alpha value is -2.13. The second kappa shape index (κ2) is 6.17. The summed E-state index contributed by atoms with van der Waals surface area (Å²) in [7, 11) is 4.26. The number of hydrogen-bond donors (Lipinski definition) is 0. The van der Waals surface area contributed by atoms with Gasteiger partial charge in [-0.2, -0.15) is 0 Å². The molecule has 3 nitrogen and oxygen atoms in total. The number of hydrogen-bond acceptors (Lipinski definition) is 2. The van der Waals surface area contributed by atoms with Crippen molar-refractivity contribution in [3.8, 4) is 11.3 Å². The molecule has 2 heterocycles. The van der Waals surface area contributed by atoms with Crippen LogP contribution < -0.4 is 0 Å². The van der Waals surface area contributed by atoms with E-state index >= 15 is 0 Å². The fourth-order valence-electron chi connectivity index (χ4n) is 2.80. The number of fused-ring (bicyclic) bond motifs is 1. The number of benzene rings is 1. The van der Waals surface area contributed by atoms with Crippen LogP contribution in [0.25, 0.3) is 16.9 Å². The van der Waals surface area contributed by atoms with Crippen molar-refractivity contribution in [3.63, 3.8) is 0 Å². The zero-order valence-corrected chi connectivity index (χ0v) is 14.7. The van der Waals surface area contributed by atoms with Crippen LogP contribution >= 0.6 is 0 Å². The highest BCUT2D eigenvalue weighted by Crippen LogP contribution is 2.26. The first-order chi connectivity index (χ1) is 11.0. The van der Waals surface area contributed by atoms with Gasteiger partial charge in [-0.1, -0.05) is 35.9 Å². The molecule has 0 saturated heterocycles. The third-order valence-corrected chi connectivity index (χ3v) is 4.56. The van der Waals surface area contributed by atoms with Crippen LogP contribution in [0.1, 0.15) is 23.7 Å². The van der Waals surface area contributed by atoms with E-state index < -0.39 is 0 Å². The van der Waals surface area contributed by atoms with Crippen molar-refractivity contribution in [1.82, 2.24) is 14.3 Å². The van der Waals surface area contributed by atoms with E-state index in [1.54, 1.807) is 0 Å². The monoisotopic (exact) mass is 307 g/mol. The van der Waals surface area contributed by atoms with Crippen LogP contribution in [0.4, 0.5) is 0 Å². The highest BCUT2D eigenvalue weighted by atomic mass is 15.1. The number of aromatic nitrogens is 2. The van der Waals surface area contributed by atoms with Crippen molar-refractivity contribution >= 4 is 5.65 Å². The summed E-state index contributed by atoms with van der Waals surface area (Å²) in [5.41, 5.74) is 7.13. The second-order valence-electron chi connectivity index (χ2n) is 6.72. The van der Waals surface area contributed by atoms with Gasteiger partial charge in [-0.3, -0.25) is 0 Å². The fraction of sp³-hybridized carbons (Fsp3) is 0.350. The summed E-state index contributed by atoms with van der Waals surface area (Å²) in [5, 5.41) is 0. The maximum absolute atomic E-state index is 4.91. The van der Waals surface area contributed by atoms with E-state index in [0.717, 1.165) is 17.8 Å². The van der Waals surface area contributed by atoms with E-state index in [2.05, 4.69) is 86.8 Å². The highest BCUT2D eigenvalue weighted by Gasteiger charge is 2.17. The summed E-state index contributed by atoms with van der Waals surface area (Å²) < 4.78 is 2.25. The van der Waals surface area contributed by atoms with E-state index in [-0.39, 0.29) is 0 Å². The molecule has 3 rings (SSSR count). The van der Waals surface area contributed by atoms with Crippen molar-refractivity contribution in [2.45, 2.75) is 33.2 Å². The van der Waals surface area contributed by atoms with E-state index in [1.165, 1.54) is 22.4 Å². The Labute approximate surface area is 138 Å². The lowest BCUT2D eigenvalue weighted by atomic mass is 10.0. The van der Waals surface area contributed by atoms with Crippen molar-refractivity contribution < 1.29 is 0 Å². The maximum atomic E-state index is 4.91. The molecule has 0 aliphatic heterocycles. The van der Waals surface area contributed by atoms with Crippen LogP contribution in [0.5, 0.6) is 0 Å². The Morgan fingerprint density at radius 2 is 1.65 bits per heavy atom. The lowest BCUT2D eigenvalue weighted by Crippen LogP contribution is -2.27. The SMILES string of the molecule is Cc1ccc(-c2nc3ccc(C)cn3c2CC(C)N(C)C)cc1. The average molecular weight is 307 g/mol. The van der Waals surface area contributed by atoms with Crippen LogP contribution in [-0.4, -0.2) is 34.4 Å². The molecule has 3 heteroatoms. The van der Waals surface area contributed by atoms with Gasteiger partial charge in [0, 0.05) is 24.2 Å². The van der Waals surface area contributed by atoms with E-state index in [9.17, 15) is 0 Å². The Morgan fingerprint density at radius 1 is 1.00 bits per heavy atom. The molecule has 3 aromatic rings. The van der Waals surface area contributed by atoms with Crippen LogP contribution in [0, 0.1) is 13.8 Å². The first-order valence-electron chi connectivity index (χ1n) is 8.17. The molecule has 120 valence electrons. The molecule has 0 bridgehead atoms. The Balaban J connectivity index is 2.17. The molecule has 0 radical (unpaired) electrons. The number of likely N-dealkylation sites (N-methyl/N-ethyl adjacent to an activating group) is 1. The first kappa shape index (κ1) is 15.8. The Bertz CT molecular complexity index is 813. The highest BCUT2D eigenvalue weighted by molar-refractivity contribution is 5.67. The van der Waals surface area contributed by atoms with Crippen LogP contribution in [0.15, 0.2) is 42.6 Å². The largest absolute Gasteiger partial charge is 0.306 e. The molecule has 0 aliphatic rings. The molecule has 0 saturated carbocycles. The average Bonchev–Trinajstić information content (AvgIpc) is 2.86. The van der Waals surface area contributed by atoms with E-state index in [4.69, 9.17) is 4.98 Å². The molecular formula is C20H25N3. The zero-order chi connectivity index (χ0) is 16.6. The predicted molar refractivity (Wildman–Crippen MR) is 97.0 cm³/mol. The molecule has 0 N–H and O–H groups in total. The van der Waals surface area contributed by atoms with Gasteiger partial charge in [-0.05, 0) is 46.5 Å². The van der Waals surface area contributed by atoms with Gasteiger partial charge in [-0.25, -0.2) is 4.98 Å². The zero-order valence-electron chi connectivity index (χ0n) is 14.7. The third kappa shape index (κ3) is 3.15. The smallest absolute Gasteiger partial charge is 0.137 e.